The van der Waals surface area contributed by atoms with E-state index in [1.807, 2.05) is 121 Å². The van der Waals surface area contributed by atoms with Gasteiger partial charge in [0.15, 0.2) is 6.04 Å². The molecular formula is C38H37N3O5. The molecule has 234 valence electrons. The van der Waals surface area contributed by atoms with Crippen LogP contribution >= 0.6 is 0 Å². The van der Waals surface area contributed by atoms with Gasteiger partial charge in [-0.15, -0.1) is 0 Å². The van der Waals surface area contributed by atoms with Crippen LogP contribution < -0.4 is 0 Å². The monoisotopic (exact) mass is 615 g/mol. The highest BCUT2D eigenvalue weighted by molar-refractivity contribution is 6.14. The fourth-order valence-electron chi connectivity index (χ4n) is 4.53. The van der Waals surface area contributed by atoms with Crippen LogP contribution in [0.15, 0.2) is 148 Å². The molecule has 0 radical (unpaired) electrons. The van der Waals surface area contributed by atoms with E-state index in [0.29, 0.717) is 19.6 Å². The quantitative estimate of drug-likeness (QED) is 0.113. The predicted octanol–water partition coefficient (Wildman–Crippen LogP) is 6.77. The molecule has 0 bridgehead atoms. The first-order valence-corrected chi connectivity index (χ1v) is 15.1. The maximum atomic E-state index is 12.5. The molecule has 5 rings (SSSR count). The van der Waals surface area contributed by atoms with Gasteiger partial charge in [0.25, 0.3) is 0 Å². The Balaban J connectivity index is 0.000000216. The van der Waals surface area contributed by atoms with Gasteiger partial charge in [-0.2, -0.15) is 0 Å². The summed E-state index contributed by atoms with van der Waals surface area (Å²) >= 11 is 0. The lowest BCUT2D eigenvalue weighted by Crippen LogP contribution is -2.26. The number of carbonyl (C=O) groups is 2. The summed E-state index contributed by atoms with van der Waals surface area (Å²) in [6, 6.07) is 38.6. The van der Waals surface area contributed by atoms with Gasteiger partial charge in [-0.1, -0.05) is 126 Å². The zero-order chi connectivity index (χ0) is 32.4. The lowest BCUT2D eigenvalue weighted by Gasteiger charge is -2.14. The zero-order valence-electron chi connectivity index (χ0n) is 26.0. The number of rotatable bonds is 12. The van der Waals surface area contributed by atoms with Crippen LogP contribution in [0, 0.1) is 0 Å². The Morgan fingerprint density at radius 2 is 1.13 bits per heavy atom. The third kappa shape index (κ3) is 10.2. The Hall–Kier alpha value is -5.63. The Kier molecular flexibility index (Phi) is 13.2. The van der Waals surface area contributed by atoms with Crippen molar-refractivity contribution in [1.82, 2.24) is 5.16 Å². The van der Waals surface area contributed by atoms with Crippen molar-refractivity contribution in [3.8, 4) is 0 Å². The summed E-state index contributed by atoms with van der Waals surface area (Å²) in [4.78, 5) is 33.2. The lowest BCUT2D eigenvalue weighted by molar-refractivity contribution is -0.144. The average molecular weight is 616 g/mol. The third-order valence-electron chi connectivity index (χ3n) is 6.62. The second-order valence-electron chi connectivity index (χ2n) is 9.92. The van der Waals surface area contributed by atoms with Crippen molar-refractivity contribution in [2.75, 3.05) is 19.8 Å². The summed E-state index contributed by atoms with van der Waals surface area (Å²) in [7, 11) is 0. The summed E-state index contributed by atoms with van der Waals surface area (Å²) in [5.41, 5.74) is 6.22. The van der Waals surface area contributed by atoms with Gasteiger partial charge >= 0.3 is 11.9 Å². The number of benzene rings is 4. The summed E-state index contributed by atoms with van der Waals surface area (Å²) < 4.78 is 15.0. The molecule has 1 aromatic heterocycles. The Bertz CT molecular complexity index is 1590. The molecule has 0 fully saturated rings. The predicted molar refractivity (Wildman–Crippen MR) is 179 cm³/mol. The molecule has 0 N–H and O–H groups in total. The van der Waals surface area contributed by atoms with E-state index in [9.17, 15) is 9.59 Å². The van der Waals surface area contributed by atoms with Gasteiger partial charge in [-0.25, -0.2) is 4.79 Å². The summed E-state index contributed by atoms with van der Waals surface area (Å²) in [6.45, 7) is 4.29. The van der Waals surface area contributed by atoms with E-state index in [4.69, 9.17) is 19.0 Å². The Morgan fingerprint density at radius 3 is 1.54 bits per heavy atom. The maximum absolute atomic E-state index is 12.5. The highest BCUT2D eigenvalue weighted by atomic mass is 16.5. The topological polar surface area (TPSA) is 103 Å². The molecular weight excluding hydrogens is 578 g/mol. The Labute approximate surface area is 269 Å². The minimum atomic E-state index is -0.676. The minimum Gasteiger partial charge on any atom is -0.465 e. The molecule has 1 atom stereocenters. The number of aromatic nitrogens is 1. The fourth-order valence-corrected chi connectivity index (χ4v) is 4.53. The number of ether oxygens (including phenoxy) is 2. The molecule has 0 saturated heterocycles. The van der Waals surface area contributed by atoms with Gasteiger partial charge < -0.3 is 14.0 Å². The van der Waals surface area contributed by atoms with Crippen molar-refractivity contribution < 1.29 is 23.6 Å². The highest BCUT2D eigenvalue weighted by Crippen LogP contribution is 2.16. The lowest BCUT2D eigenvalue weighted by atomic mass is 10.0. The van der Waals surface area contributed by atoms with Crippen LogP contribution in [0.3, 0.4) is 0 Å². The van der Waals surface area contributed by atoms with Crippen LogP contribution in [0.4, 0.5) is 0 Å². The van der Waals surface area contributed by atoms with Crippen LogP contribution in [0.1, 0.15) is 41.7 Å². The zero-order valence-corrected chi connectivity index (χ0v) is 26.0. The molecule has 5 aromatic rings. The van der Waals surface area contributed by atoms with Crippen molar-refractivity contribution in [1.29, 1.82) is 0 Å². The van der Waals surface area contributed by atoms with Crippen LogP contribution in [-0.2, 0) is 25.5 Å². The van der Waals surface area contributed by atoms with E-state index in [0.717, 1.165) is 39.2 Å². The van der Waals surface area contributed by atoms with Crippen molar-refractivity contribution >= 4 is 23.4 Å². The molecule has 0 aliphatic carbocycles. The molecule has 0 spiro atoms. The number of aliphatic imine (C=N–C) groups is 2. The molecule has 0 aliphatic rings. The minimum absolute atomic E-state index is 0.0347. The number of carbonyl (C=O) groups excluding carboxylic acids is 2. The average Bonchev–Trinajstić information content (AvgIpc) is 3.62. The highest BCUT2D eigenvalue weighted by Gasteiger charge is 2.22. The van der Waals surface area contributed by atoms with Gasteiger partial charge in [0.2, 0.25) is 0 Å². The molecule has 46 heavy (non-hydrogen) atoms. The van der Waals surface area contributed by atoms with E-state index < -0.39 is 6.04 Å². The first kappa shape index (κ1) is 33.3. The summed E-state index contributed by atoms with van der Waals surface area (Å²) in [6.07, 6.45) is 3.48. The second-order valence-corrected chi connectivity index (χ2v) is 9.92. The number of hydrogen-bond donors (Lipinski definition) is 0. The van der Waals surface area contributed by atoms with Crippen molar-refractivity contribution in [2.45, 2.75) is 26.3 Å². The molecule has 1 unspecified atom stereocenters. The van der Waals surface area contributed by atoms with Crippen LogP contribution in [0.2, 0.25) is 0 Å². The molecule has 0 saturated carbocycles. The van der Waals surface area contributed by atoms with Crippen LogP contribution in [-0.4, -0.2) is 54.3 Å². The number of hydrogen-bond acceptors (Lipinski definition) is 8. The van der Waals surface area contributed by atoms with E-state index in [1.165, 1.54) is 6.26 Å². The van der Waals surface area contributed by atoms with Gasteiger partial charge in [-0.05, 0) is 13.8 Å². The standard InChI is InChI=1S/C21H20N2O3.C17H17NO2/c1-2-25-21(24)19(13-16-14-22-26-15-16)23-20(17-9-5-3-6-10-17)18-11-7-4-8-12-18;1-2-20-16(19)13-18-17(14-9-5-3-6-10-14)15-11-7-4-8-12-15/h3-12,14-15,19H,2,13H2,1H3;3-12H,2,13H2,1H3. The largest absolute Gasteiger partial charge is 0.465 e. The molecule has 1 heterocycles. The second kappa shape index (κ2) is 18.2. The summed E-state index contributed by atoms with van der Waals surface area (Å²) in [5, 5.41) is 3.70. The van der Waals surface area contributed by atoms with Gasteiger partial charge in [-0.3, -0.25) is 14.8 Å². The smallest absolute Gasteiger partial charge is 0.331 e. The maximum Gasteiger partial charge on any atom is 0.331 e. The van der Waals surface area contributed by atoms with Gasteiger partial charge in [0, 0.05) is 34.2 Å². The summed E-state index contributed by atoms with van der Waals surface area (Å²) in [5.74, 6) is -0.671. The van der Waals surface area contributed by atoms with Crippen molar-refractivity contribution in [3.05, 3.63) is 162 Å². The SMILES string of the molecule is CCOC(=O)C(Cc1cnoc1)N=C(c1ccccc1)c1ccccc1.CCOC(=O)CN=C(c1ccccc1)c1ccccc1. The molecule has 8 nitrogen and oxygen atoms in total. The molecule has 0 aliphatic heterocycles. The van der Waals surface area contributed by atoms with Crippen molar-refractivity contribution in [2.24, 2.45) is 9.98 Å². The first-order chi connectivity index (χ1) is 22.6. The first-order valence-electron chi connectivity index (χ1n) is 15.1. The molecule has 8 heteroatoms. The normalized spacial score (nSPS) is 10.8. The van der Waals surface area contributed by atoms with E-state index in [1.54, 1.807) is 20.0 Å². The van der Waals surface area contributed by atoms with E-state index in [2.05, 4.69) is 10.1 Å². The van der Waals surface area contributed by atoms with Gasteiger partial charge in [0.05, 0.1) is 30.8 Å². The van der Waals surface area contributed by atoms with E-state index >= 15 is 0 Å². The number of esters is 2. The third-order valence-corrected chi connectivity index (χ3v) is 6.62. The van der Waals surface area contributed by atoms with Gasteiger partial charge in [0.1, 0.15) is 12.8 Å². The fraction of sp³-hybridized carbons (Fsp3) is 0.184. The van der Waals surface area contributed by atoms with Crippen LogP contribution in [0.5, 0.6) is 0 Å². The Morgan fingerprint density at radius 1 is 0.674 bits per heavy atom. The van der Waals surface area contributed by atoms with E-state index in [-0.39, 0.29) is 18.5 Å². The number of nitrogens with zero attached hydrogens (tertiary/aromatic N) is 3. The van der Waals surface area contributed by atoms with Crippen LogP contribution in [0.25, 0.3) is 0 Å². The molecule has 4 aromatic carbocycles. The molecule has 0 amide bonds. The van der Waals surface area contributed by atoms with Crippen molar-refractivity contribution in [3.63, 3.8) is 0 Å².